The highest BCUT2D eigenvalue weighted by Gasteiger charge is 2.15. The lowest BCUT2D eigenvalue weighted by atomic mass is 10.0. The van der Waals surface area contributed by atoms with Gasteiger partial charge in [-0.15, -0.1) is 12.4 Å². The molecule has 0 saturated heterocycles. The molecule has 2 atom stereocenters. The van der Waals surface area contributed by atoms with E-state index in [1.165, 1.54) is 6.07 Å². The average molecular weight is 220 g/mol. The Morgan fingerprint density at radius 3 is 2.43 bits per heavy atom. The van der Waals surface area contributed by atoms with Crippen molar-refractivity contribution in [3.8, 4) is 0 Å². The van der Waals surface area contributed by atoms with Gasteiger partial charge in [0.2, 0.25) is 0 Å². The van der Waals surface area contributed by atoms with E-state index in [4.69, 9.17) is 5.73 Å². The van der Waals surface area contributed by atoms with Crippen LogP contribution in [0.3, 0.4) is 0 Å². The van der Waals surface area contributed by atoms with Crippen LogP contribution in [0.2, 0.25) is 0 Å². The lowest BCUT2D eigenvalue weighted by molar-refractivity contribution is 0.162. The van der Waals surface area contributed by atoms with E-state index in [1.807, 2.05) is 0 Å². The van der Waals surface area contributed by atoms with Crippen molar-refractivity contribution in [2.45, 2.75) is 26.0 Å². The number of benzene rings is 1. The van der Waals surface area contributed by atoms with Gasteiger partial charge in [0.15, 0.2) is 0 Å². The molecule has 0 aliphatic carbocycles. The van der Waals surface area contributed by atoms with Gasteiger partial charge in [-0.3, -0.25) is 0 Å². The van der Waals surface area contributed by atoms with Crippen molar-refractivity contribution in [1.29, 1.82) is 0 Å². The third-order valence-corrected chi connectivity index (χ3v) is 2.03. The van der Waals surface area contributed by atoms with Crippen LogP contribution >= 0.6 is 12.4 Å². The number of hydrogen-bond donors (Lipinski definition) is 2. The lowest BCUT2D eigenvalue weighted by Crippen LogP contribution is -2.24. The molecule has 1 aromatic carbocycles. The Morgan fingerprint density at radius 1 is 1.43 bits per heavy atom. The second-order valence-electron chi connectivity index (χ2n) is 3.29. The molecule has 0 radical (unpaired) electrons. The van der Waals surface area contributed by atoms with Crippen molar-refractivity contribution in [2.24, 2.45) is 5.73 Å². The molecule has 2 nitrogen and oxygen atoms in total. The zero-order chi connectivity index (χ0) is 10.0. The fourth-order valence-corrected chi connectivity index (χ4v) is 1.16. The van der Waals surface area contributed by atoms with Gasteiger partial charge in [0.05, 0.1) is 12.1 Å². The molecule has 14 heavy (non-hydrogen) atoms. The summed E-state index contributed by atoms with van der Waals surface area (Å²) in [5.74, 6) is -0.353. The third kappa shape index (κ3) is 2.94. The quantitative estimate of drug-likeness (QED) is 0.799. The van der Waals surface area contributed by atoms with E-state index in [1.54, 1.807) is 26.0 Å². The van der Waals surface area contributed by atoms with Crippen molar-refractivity contribution in [1.82, 2.24) is 0 Å². The highest BCUT2D eigenvalue weighted by Crippen LogP contribution is 2.18. The largest absolute Gasteiger partial charge is 0.391 e. The molecule has 0 amide bonds. The summed E-state index contributed by atoms with van der Waals surface area (Å²) < 4.78 is 13.3. The highest BCUT2D eigenvalue weighted by molar-refractivity contribution is 5.85. The first kappa shape index (κ1) is 13.4. The molecule has 0 spiro atoms. The summed E-state index contributed by atoms with van der Waals surface area (Å²) in [5.41, 5.74) is 6.81. The van der Waals surface area contributed by atoms with E-state index in [0.717, 1.165) is 5.56 Å². The van der Waals surface area contributed by atoms with Crippen LogP contribution in [0, 0.1) is 12.7 Å². The number of rotatable bonds is 2. The summed E-state index contributed by atoms with van der Waals surface area (Å²) >= 11 is 0. The minimum Gasteiger partial charge on any atom is -0.391 e. The number of nitrogens with two attached hydrogens (primary N) is 1. The Hall–Kier alpha value is -0.640. The van der Waals surface area contributed by atoms with Gasteiger partial charge in [-0.05, 0) is 25.5 Å². The van der Waals surface area contributed by atoms with Crippen LogP contribution in [0.1, 0.15) is 24.1 Å². The second-order valence-corrected chi connectivity index (χ2v) is 3.29. The van der Waals surface area contributed by atoms with E-state index < -0.39 is 12.1 Å². The maximum atomic E-state index is 13.3. The Labute approximate surface area is 89.3 Å². The molecule has 0 aliphatic rings. The van der Waals surface area contributed by atoms with Crippen molar-refractivity contribution < 1.29 is 9.50 Å². The number of aliphatic hydroxyl groups excluding tert-OH is 1. The van der Waals surface area contributed by atoms with Gasteiger partial charge in [-0.2, -0.15) is 0 Å². The number of hydrogen-bond acceptors (Lipinski definition) is 2. The molecule has 0 aliphatic heterocycles. The van der Waals surface area contributed by atoms with Crippen molar-refractivity contribution in [2.75, 3.05) is 0 Å². The van der Waals surface area contributed by atoms with Crippen LogP contribution in [0.4, 0.5) is 4.39 Å². The Balaban J connectivity index is 0.00000169. The molecule has 3 N–H and O–H groups in total. The summed E-state index contributed by atoms with van der Waals surface area (Å²) in [7, 11) is 0. The summed E-state index contributed by atoms with van der Waals surface area (Å²) in [6.07, 6.45) is -0.739. The zero-order valence-corrected chi connectivity index (χ0v) is 9.01. The molecule has 0 unspecified atom stereocenters. The average Bonchev–Trinajstić information content (AvgIpc) is 2.03. The number of aliphatic hydroxyl groups is 1. The normalized spacial score (nSPS) is 14.4. The standard InChI is InChI=1S/C10H14FNO.ClH/c1-6-3-4-8(9(11)5-6)10(12)7(2)13;/h3-5,7,10,13H,12H2,1-2H3;1H/t7-,10-;/m0./s1. The molecule has 0 fully saturated rings. The van der Waals surface area contributed by atoms with Crippen LogP contribution in [0.5, 0.6) is 0 Å². The van der Waals surface area contributed by atoms with Crippen LogP contribution < -0.4 is 5.73 Å². The van der Waals surface area contributed by atoms with Gasteiger partial charge >= 0.3 is 0 Å². The molecular weight excluding hydrogens is 205 g/mol. The van der Waals surface area contributed by atoms with E-state index in [0.29, 0.717) is 5.56 Å². The van der Waals surface area contributed by atoms with Crippen LogP contribution in [0.15, 0.2) is 18.2 Å². The maximum absolute atomic E-state index is 13.3. The van der Waals surface area contributed by atoms with Gasteiger partial charge in [0, 0.05) is 5.56 Å². The van der Waals surface area contributed by atoms with E-state index in [2.05, 4.69) is 0 Å². The molecule has 0 aromatic heterocycles. The Kier molecular flexibility index (Phi) is 5.05. The van der Waals surface area contributed by atoms with Crippen molar-refractivity contribution in [3.63, 3.8) is 0 Å². The zero-order valence-electron chi connectivity index (χ0n) is 8.20. The fraction of sp³-hybridized carbons (Fsp3) is 0.400. The third-order valence-electron chi connectivity index (χ3n) is 2.03. The van der Waals surface area contributed by atoms with Crippen LogP contribution in [-0.4, -0.2) is 11.2 Å². The number of aryl methyl sites for hydroxylation is 1. The summed E-state index contributed by atoms with van der Waals surface area (Å²) in [5, 5.41) is 9.18. The Bertz CT molecular complexity index is 304. The summed E-state index contributed by atoms with van der Waals surface area (Å²) in [6.45, 7) is 3.35. The van der Waals surface area contributed by atoms with E-state index >= 15 is 0 Å². The molecule has 0 bridgehead atoms. The number of halogens is 2. The van der Waals surface area contributed by atoms with Gasteiger partial charge in [0.25, 0.3) is 0 Å². The minimum absolute atomic E-state index is 0. The predicted molar refractivity (Wildman–Crippen MR) is 57.0 cm³/mol. The Morgan fingerprint density at radius 2 is 2.00 bits per heavy atom. The van der Waals surface area contributed by atoms with Gasteiger partial charge < -0.3 is 10.8 Å². The molecule has 80 valence electrons. The predicted octanol–water partition coefficient (Wildman–Crippen LogP) is 1.94. The van der Waals surface area contributed by atoms with Gasteiger partial charge in [0.1, 0.15) is 5.82 Å². The minimum atomic E-state index is -0.739. The van der Waals surface area contributed by atoms with Crippen LogP contribution in [-0.2, 0) is 0 Å². The summed E-state index contributed by atoms with van der Waals surface area (Å²) in [6, 6.07) is 4.15. The first-order chi connectivity index (χ1) is 6.02. The molecule has 1 aromatic rings. The van der Waals surface area contributed by atoms with E-state index in [9.17, 15) is 9.50 Å². The molecule has 0 saturated carbocycles. The molecule has 1 rings (SSSR count). The van der Waals surface area contributed by atoms with Crippen molar-refractivity contribution in [3.05, 3.63) is 35.1 Å². The molecule has 0 heterocycles. The smallest absolute Gasteiger partial charge is 0.128 e. The van der Waals surface area contributed by atoms with Crippen LogP contribution in [0.25, 0.3) is 0 Å². The molecule has 4 heteroatoms. The first-order valence-electron chi connectivity index (χ1n) is 4.22. The SMILES string of the molecule is Cc1ccc([C@@H](N)[C@H](C)O)c(F)c1.Cl. The summed E-state index contributed by atoms with van der Waals surface area (Å²) in [4.78, 5) is 0. The lowest BCUT2D eigenvalue weighted by Gasteiger charge is -2.15. The van der Waals surface area contributed by atoms with E-state index in [-0.39, 0.29) is 18.2 Å². The molecular formula is C10H15ClFNO. The maximum Gasteiger partial charge on any atom is 0.128 e. The first-order valence-corrected chi connectivity index (χ1v) is 4.22. The monoisotopic (exact) mass is 219 g/mol. The fourth-order valence-electron chi connectivity index (χ4n) is 1.16. The van der Waals surface area contributed by atoms with Gasteiger partial charge in [-0.1, -0.05) is 12.1 Å². The second kappa shape index (κ2) is 5.29. The highest BCUT2D eigenvalue weighted by atomic mass is 35.5. The van der Waals surface area contributed by atoms with Crippen molar-refractivity contribution >= 4 is 12.4 Å². The topological polar surface area (TPSA) is 46.2 Å². The van der Waals surface area contributed by atoms with Gasteiger partial charge in [-0.25, -0.2) is 4.39 Å².